The predicted molar refractivity (Wildman–Crippen MR) is 90.0 cm³/mol. The third kappa shape index (κ3) is 4.34. The Labute approximate surface area is 141 Å². The fourth-order valence-electron chi connectivity index (χ4n) is 2.95. The summed E-state index contributed by atoms with van der Waals surface area (Å²) in [6, 6.07) is 6.68. The minimum atomic E-state index is -0.367. The molecule has 3 amide bonds. The first-order valence-corrected chi connectivity index (χ1v) is 8.64. The normalized spacial score (nSPS) is 17.8. The van der Waals surface area contributed by atoms with E-state index >= 15 is 0 Å². The monoisotopic (exact) mass is 329 g/mol. The number of carbonyl (C=O) groups excluding carboxylic acids is 3. The summed E-state index contributed by atoms with van der Waals surface area (Å²) in [4.78, 5) is 35.6. The molecule has 24 heavy (non-hydrogen) atoms. The van der Waals surface area contributed by atoms with E-state index in [2.05, 4.69) is 16.2 Å². The fourth-order valence-corrected chi connectivity index (χ4v) is 2.95. The van der Waals surface area contributed by atoms with Gasteiger partial charge in [0.15, 0.2) is 0 Å². The molecule has 2 fully saturated rings. The van der Waals surface area contributed by atoms with E-state index in [9.17, 15) is 14.4 Å². The molecule has 0 atom stereocenters. The first kappa shape index (κ1) is 16.5. The van der Waals surface area contributed by atoms with Crippen LogP contribution in [0.25, 0.3) is 0 Å². The number of anilines is 1. The number of carbonyl (C=O) groups is 3. The highest BCUT2D eigenvalue weighted by molar-refractivity contribution is 5.97. The van der Waals surface area contributed by atoms with Gasteiger partial charge >= 0.3 is 0 Å². The van der Waals surface area contributed by atoms with E-state index in [0.717, 1.165) is 38.5 Å². The molecule has 0 unspecified atom stereocenters. The van der Waals surface area contributed by atoms with Gasteiger partial charge in [-0.1, -0.05) is 19.3 Å². The maximum Gasteiger partial charge on any atom is 0.269 e. The molecule has 3 N–H and O–H groups in total. The van der Waals surface area contributed by atoms with Crippen LogP contribution in [0.15, 0.2) is 24.3 Å². The van der Waals surface area contributed by atoms with Gasteiger partial charge in [0.1, 0.15) is 0 Å². The van der Waals surface area contributed by atoms with E-state index in [1.807, 2.05) is 0 Å². The van der Waals surface area contributed by atoms with Crippen molar-refractivity contribution in [3.63, 3.8) is 0 Å². The van der Waals surface area contributed by atoms with Crippen molar-refractivity contribution >= 4 is 23.4 Å². The molecule has 0 bridgehead atoms. The number of benzene rings is 1. The summed E-state index contributed by atoms with van der Waals surface area (Å²) in [7, 11) is 0. The summed E-state index contributed by atoms with van der Waals surface area (Å²) >= 11 is 0. The summed E-state index contributed by atoms with van der Waals surface area (Å²) in [5.41, 5.74) is 5.95. The average Bonchev–Trinajstić information content (AvgIpc) is 3.46. The van der Waals surface area contributed by atoms with Crippen LogP contribution in [0.1, 0.15) is 55.3 Å². The van der Waals surface area contributed by atoms with E-state index in [4.69, 9.17) is 0 Å². The molecule has 0 radical (unpaired) electrons. The Morgan fingerprint density at radius 3 is 2.00 bits per heavy atom. The molecule has 0 aliphatic heterocycles. The average molecular weight is 329 g/mol. The maximum absolute atomic E-state index is 12.2. The van der Waals surface area contributed by atoms with Crippen molar-refractivity contribution in [2.75, 3.05) is 5.32 Å². The molecule has 2 aliphatic rings. The largest absolute Gasteiger partial charge is 0.326 e. The van der Waals surface area contributed by atoms with E-state index in [1.165, 1.54) is 6.42 Å². The van der Waals surface area contributed by atoms with Crippen LogP contribution >= 0.6 is 0 Å². The van der Waals surface area contributed by atoms with Crippen molar-refractivity contribution in [3.05, 3.63) is 29.8 Å². The van der Waals surface area contributed by atoms with Crippen LogP contribution in [0.4, 0.5) is 5.69 Å². The molecule has 1 aromatic rings. The lowest BCUT2D eigenvalue weighted by Crippen LogP contribution is -2.42. The summed E-state index contributed by atoms with van der Waals surface area (Å²) in [5, 5.41) is 2.91. The molecular weight excluding hydrogens is 306 g/mol. The molecule has 6 heteroatoms. The summed E-state index contributed by atoms with van der Waals surface area (Å²) < 4.78 is 0. The van der Waals surface area contributed by atoms with E-state index in [1.54, 1.807) is 24.3 Å². The van der Waals surface area contributed by atoms with Crippen LogP contribution in [0.3, 0.4) is 0 Å². The third-order valence-corrected chi connectivity index (χ3v) is 4.64. The Morgan fingerprint density at radius 2 is 1.38 bits per heavy atom. The van der Waals surface area contributed by atoms with Gasteiger partial charge in [0.05, 0.1) is 0 Å². The summed E-state index contributed by atoms with van der Waals surface area (Å²) in [6.45, 7) is 0. The molecule has 0 heterocycles. The standard InChI is InChI=1S/C18H23N3O3/c22-16(12-4-2-1-3-5-12)19-15-10-8-14(9-11-15)18(24)21-20-17(23)13-6-7-13/h8-13H,1-7H2,(H,19,22)(H,20,23)(H,21,24). The molecule has 0 saturated heterocycles. The number of nitrogens with one attached hydrogen (secondary N) is 3. The highest BCUT2D eigenvalue weighted by Gasteiger charge is 2.29. The second-order valence-corrected chi connectivity index (χ2v) is 6.62. The lowest BCUT2D eigenvalue weighted by Gasteiger charge is -2.20. The quantitative estimate of drug-likeness (QED) is 0.741. The lowest BCUT2D eigenvalue weighted by molar-refractivity contribution is -0.123. The van der Waals surface area contributed by atoms with Gasteiger partial charge in [0, 0.05) is 23.1 Å². The summed E-state index contributed by atoms with van der Waals surface area (Å²) in [5.74, 6) is -0.306. The van der Waals surface area contributed by atoms with Crippen molar-refractivity contribution in [1.82, 2.24) is 10.9 Å². The molecule has 2 aliphatic carbocycles. The topological polar surface area (TPSA) is 87.3 Å². The molecule has 1 aromatic carbocycles. The van der Waals surface area contributed by atoms with Gasteiger partial charge in [-0.3, -0.25) is 25.2 Å². The first-order chi connectivity index (χ1) is 11.6. The second kappa shape index (κ2) is 7.47. The van der Waals surface area contributed by atoms with Crippen LogP contribution in [-0.2, 0) is 9.59 Å². The Balaban J connectivity index is 1.49. The zero-order valence-corrected chi connectivity index (χ0v) is 13.6. The number of rotatable bonds is 4. The summed E-state index contributed by atoms with van der Waals surface area (Å²) in [6.07, 6.45) is 7.12. The van der Waals surface area contributed by atoms with Crippen molar-refractivity contribution in [2.24, 2.45) is 11.8 Å². The van der Waals surface area contributed by atoms with Gasteiger partial charge in [0.25, 0.3) is 5.91 Å². The van der Waals surface area contributed by atoms with Crippen LogP contribution in [-0.4, -0.2) is 17.7 Å². The lowest BCUT2D eigenvalue weighted by atomic mass is 9.88. The maximum atomic E-state index is 12.2. The van der Waals surface area contributed by atoms with Crippen molar-refractivity contribution in [3.8, 4) is 0 Å². The molecule has 6 nitrogen and oxygen atoms in total. The van der Waals surface area contributed by atoms with E-state index in [-0.39, 0.29) is 29.6 Å². The highest BCUT2D eigenvalue weighted by atomic mass is 16.2. The van der Waals surface area contributed by atoms with Gasteiger partial charge in [-0.15, -0.1) is 0 Å². The third-order valence-electron chi connectivity index (χ3n) is 4.64. The van der Waals surface area contributed by atoms with Crippen molar-refractivity contribution in [2.45, 2.75) is 44.9 Å². The molecule has 3 rings (SSSR count). The molecule has 0 spiro atoms. The molecule has 128 valence electrons. The van der Waals surface area contributed by atoms with Gasteiger partial charge in [0.2, 0.25) is 11.8 Å². The van der Waals surface area contributed by atoms with Crippen LogP contribution in [0.5, 0.6) is 0 Å². The SMILES string of the molecule is O=C(NNC(=O)C1CC1)c1ccc(NC(=O)C2CCCCC2)cc1. The van der Waals surface area contributed by atoms with E-state index < -0.39 is 0 Å². The van der Waals surface area contributed by atoms with Gasteiger partial charge in [-0.05, 0) is 49.9 Å². The molecule has 2 saturated carbocycles. The number of hydrazine groups is 1. The molecule has 0 aromatic heterocycles. The zero-order valence-electron chi connectivity index (χ0n) is 13.6. The van der Waals surface area contributed by atoms with Crippen LogP contribution in [0.2, 0.25) is 0 Å². The first-order valence-electron chi connectivity index (χ1n) is 8.64. The molecular formula is C18H23N3O3. The number of amides is 3. The predicted octanol–water partition coefficient (Wildman–Crippen LogP) is 2.38. The highest BCUT2D eigenvalue weighted by Crippen LogP contribution is 2.28. The van der Waals surface area contributed by atoms with Gasteiger partial charge < -0.3 is 5.32 Å². The Morgan fingerprint density at radius 1 is 0.750 bits per heavy atom. The zero-order chi connectivity index (χ0) is 16.9. The van der Waals surface area contributed by atoms with Crippen LogP contribution in [0, 0.1) is 11.8 Å². The van der Waals surface area contributed by atoms with Gasteiger partial charge in [-0.2, -0.15) is 0 Å². The Bertz CT molecular complexity index is 617. The Hall–Kier alpha value is -2.37. The second-order valence-electron chi connectivity index (χ2n) is 6.62. The minimum Gasteiger partial charge on any atom is -0.326 e. The van der Waals surface area contributed by atoms with Gasteiger partial charge in [-0.25, -0.2) is 0 Å². The van der Waals surface area contributed by atoms with Crippen molar-refractivity contribution < 1.29 is 14.4 Å². The van der Waals surface area contributed by atoms with Crippen LogP contribution < -0.4 is 16.2 Å². The van der Waals surface area contributed by atoms with Crippen molar-refractivity contribution in [1.29, 1.82) is 0 Å². The minimum absolute atomic E-state index is 0.0441. The van der Waals surface area contributed by atoms with E-state index in [0.29, 0.717) is 11.3 Å². The Kier molecular flexibility index (Phi) is 5.13. The number of hydrogen-bond donors (Lipinski definition) is 3. The smallest absolute Gasteiger partial charge is 0.269 e. The fraction of sp³-hybridized carbons (Fsp3) is 0.500. The number of hydrogen-bond acceptors (Lipinski definition) is 3.